The molecule has 1 heterocycles. The Labute approximate surface area is 180 Å². The van der Waals surface area contributed by atoms with E-state index >= 15 is 0 Å². The number of amides is 1. The van der Waals surface area contributed by atoms with Crippen molar-refractivity contribution in [2.75, 3.05) is 23.8 Å². The van der Waals surface area contributed by atoms with Crippen molar-refractivity contribution in [2.45, 2.75) is 53.5 Å². The van der Waals surface area contributed by atoms with E-state index in [2.05, 4.69) is 4.98 Å². The lowest BCUT2D eigenvalue weighted by Gasteiger charge is -2.24. The van der Waals surface area contributed by atoms with Crippen molar-refractivity contribution in [1.82, 2.24) is 9.55 Å². The molecule has 2 aromatic rings. The molecular weight excluding hydrogens is 400 g/mol. The summed E-state index contributed by atoms with van der Waals surface area (Å²) in [5.74, 6) is -1.31. The van der Waals surface area contributed by atoms with Crippen LogP contribution in [0.3, 0.4) is 0 Å². The van der Waals surface area contributed by atoms with Crippen molar-refractivity contribution in [3.8, 4) is 0 Å². The van der Waals surface area contributed by atoms with Crippen LogP contribution in [-0.4, -0.2) is 34.6 Å². The van der Waals surface area contributed by atoms with Gasteiger partial charge in [0.25, 0.3) is 11.5 Å². The van der Waals surface area contributed by atoms with Gasteiger partial charge in [0, 0.05) is 13.1 Å². The number of nitrogens with zero attached hydrogens (tertiary/aromatic N) is 2. The van der Waals surface area contributed by atoms with Gasteiger partial charge < -0.3 is 15.4 Å². The zero-order valence-corrected chi connectivity index (χ0v) is 18.5. The lowest BCUT2D eigenvalue weighted by molar-refractivity contribution is -0.121. The first-order valence-corrected chi connectivity index (χ1v) is 10.4. The summed E-state index contributed by atoms with van der Waals surface area (Å²) in [5, 5.41) is 0. The van der Waals surface area contributed by atoms with Crippen LogP contribution in [0.1, 0.15) is 54.6 Å². The number of anilines is 2. The first-order chi connectivity index (χ1) is 14.7. The van der Waals surface area contributed by atoms with Crippen molar-refractivity contribution in [3.63, 3.8) is 0 Å². The number of ether oxygens (including phenoxy) is 1. The number of aryl methyl sites for hydroxylation is 2. The van der Waals surface area contributed by atoms with E-state index in [9.17, 15) is 19.2 Å². The standard InChI is InChI=1S/C22H30N4O5/c1-5-7-11-25(18-19(23)26(10-6-2)22(30)24-20(18)28)17(27)13-31-21(29)16-9-8-14(3)15(4)12-16/h8-9,12H,5-7,10-11,13,23H2,1-4H3,(H,24,28,30). The van der Waals surface area contributed by atoms with Gasteiger partial charge in [-0.15, -0.1) is 0 Å². The Hall–Kier alpha value is -3.36. The zero-order chi connectivity index (χ0) is 23.1. The Morgan fingerprint density at radius 3 is 2.45 bits per heavy atom. The second-order valence-electron chi connectivity index (χ2n) is 7.42. The van der Waals surface area contributed by atoms with Gasteiger partial charge in [-0.2, -0.15) is 0 Å². The molecule has 0 fully saturated rings. The number of nitrogens with two attached hydrogens (primary N) is 1. The first kappa shape index (κ1) is 23.9. The van der Waals surface area contributed by atoms with E-state index in [-0.39, 0.29) is 18.1 Å². The van der Waals surface area contributed by atoms with Gasteiger partial charge in [0.05, 0.1) is 5.56 Å². The Morgan fingerprint density at radius 1 is 1.13 bits per heavy atom. The van der Waals surface area contributed by atoms with E-state index in [4.69, 9.17) is 10.5 Å². The summed E-state index contributed by atoms with van der Waals surface area (Å²) in [6, 6.07) is 5.13. The maximum atomic E-state index is 12.9. The minimum atomic E-state index is -0.750. The summed E-state index contributed by atoms with van der Waals surface area (Å²) in [5.41, 5.74) is 6.93. The maximum Gasteiger partial charge on any atom is 0.338 e. The molecule has 31 heavy (non-hydrogen) atoms. The highest BCUT2D eigenvalue weighted by atomic mass is 16.5. The van der Waals surface area contributed by atoms with Crippen LogP contribution in [0.2, 0.25) is 0 Å². The van der Waals surface area contributed by atoms with Crippen molar-refractivity contribution in [1.29, 1.82) is 0 Å². The van der Waals surface area contributed by atoms with E-state index < -0.39 is 29.7 Å². The van der Waals surface area contributed by atoms with Crippen LogP contribution in [0, 0.1) is 13.8 Å². The van der Waals surface area contributed by atoms with Crippen molar-refractivity contribution in [2.24, 2.45) is 0 Å². The molecule has 1 aromatic carbocycles. The molecule has 0 aliphatic rings. The quantitative estimate of drug-likeness (QED) is 0.587. The van der Waals surface area contributed by atoms with E-state index in [0.717, 1.165) is 17.5 Å². The van der Waals surface area contributed by atoms with E-state index in [1.165, 1.54) is 9.47 Å². The number of aromatic amines is 1. The lowest BCUT2D eigenvalue weighted by Crippen LogP contribution is -2.43. The van der Waals surface area contributed by atoms with Crippen molar-refractivity contribution < 1.29 is 14.3 Å². The molecule has 168 valence electrons. The first-order valence-electron chi connectivity index (χ1n) is 10.4. The minimum absolute atomic E-state index is 0.0828. The third-order valence-corrected chi connectivity index (χ3v) is 5.04. The zero-order valence-electron chi connectivity index (χ0n) is 18.5. The molecular formula is C22H30N4O5. The Bertz CT molecular complexity index is 1070. The van der Waals surface area contributed by atoms with Crippen LogP contribution in [0.4, 0.5) is 11.5 Å². The second-order valence-corrected chi connectivity index (χ2v) is 7.42. The normalized spacial score (nSPS) is 10.7. The van der Waals surface area contributed by atoms with E-state index in [0.29, 0.717) is 24.9 Å². The van der Waals surface area contributed by atoms with Gasteiger partial charge in [-0.25, -0.2) is 9.59 Å². The number of carbonyl (C=O) groups excluding carboxylic acids is 2. The summed E-state index contributed by atoms with van der Waals surface area (Å²) in [7, 11) is 0. The van der Waals surface area contributed by atoms with Gasteiger partial charge >= 0.3 is 11.7 Å². The second kappa shape index (κ2) is 10.6. The van der Waals surface area contributed by atoms with Crippen LogP contribution in [-0.2, 0) is 16.1 Å². The predicted molar refractivity (Wildman–Crippen MR) is 119 cm³/mol. The molecule has 9 nitrogen and oxygen atoms in total. The van der Waals surface area contributed by atoms with E-state index in [1.54, 1.807) is 18.2 Å². The third kappa shape index (κ3) is 5.62. The molecule has 0 atom stereocenters. The Morgan fingerprint density at radius 2 is 1.84 bits per heavy atom. The van der Waals surface area contributed by atoms with Crippen molar-refractivity contribution >= 4 is 23.4 Å². The monoisotopic (exact) mass is 430 g/mol. The van der Waals surface area contributed by atoms with Crippen LogP contribution in [0.25, 0.3) is 0 Å². The number of unbranched alkanes of at least 4 members (excludes halogenated alkanes) is 1. The number of hydrogen-bond acceptors (Lipinski definition) is 6. The fourth-order valence-corrected chi connectivity index (χ4v) is 3.12. The molecule has 0 saturated heterocycles. The summed E-state index contributed by atoms with van der Waals surface area (Å²) < 4.78 is 6.42. The van der Waals surface area contributed by atoms with Gasteiger partial charge in [-0.1, -0.05) is 26.3 Å². The molecule has 0 radical (unpaired) electrons. The van der Waals surface area contributed by atoms with Crippen LogP contribution in [0.15, 0.2) is 27.8 Å². The average molecular weight is 431 g/mol. The SMILES string of the molecule is CCCCN(C(=O)COC(=O)c1ccc(C)c(C)c1)c1c(N)n(CCC)c(=O)[nH]c1=O. The fourth-order valence-electron chi connectivity index (χ4n) is 3.12. The molecule has 0 aliphatic heterocycles. The third-order valence-electron chi connectivity index (χ3n) is 5.04. The number of carbonyl (C=O) groups is 2. The predicted octanol–water partition coefficient (Wildman–Crippen LogP) is 2.14. The molecule has 1 amide bonds. The van der Waals surface area contributed by atoms with Gasteiger partial charge in [0.1, 0.15) is 5.82 Å². The Balaban J connectivity index is 2.30. The average Bonchev–Trinajstić information content (AvgIpc) is 2.73. The van der Waals surface area contributed by atoms with Crippen LogP contribution in [0.5, 0.6) is 0 Å². The largest absolute Gasteiger partial charge is 0.452 e. The number of esters is 1. The highest BCUT2D eigenvalue weighted by Crippen LogP contribution is 2.18. The molecule has 9 heteroatoms. The topological polar surface area (TPSA) is 127 Å². The molecule has 0 saturated carbocycles. The lowest BCUT2D eigenvalue weighted by atomic mass is 10.1. The summed E-state index contributed by atoms with van der Waals surface area (Å²) >= 11 is 0. The molecule has 0 spiro atoms. The minimum Gasteiger partial charge on any atom is -0.452 e. The summed E-state index contributed by atoms with van der Waals surface area (Å²) in [6.45, 7) is 7.56. The summed E-state index contributed by atoms with van der Waals surface area (Å²) in [6.07, 6.45) is 1.98. The number of H-pyrrole nitrogens is 1. The Kier molecular flexibility index (Phi) is 8.18. The highest BCUT2D eigenvalue weighted by Gasteiger charge is 2.25. The number of nitrogen functional groups attached to an aromatic ring is 1. The fraction of sp³-hybridized carbons (Fsp3) is 0.455. The molecule has 0 bridgehead atoms. The highest BCUT2D eigenvalue weighted by molar-refractivity contribution is 5.98. The molecule has 0 unspecified atom stereocenters. The molecule has 1 aromatic heterocycles. The smallest absolute Gasteiger partial charge is 0.338 e. The van der Waals surface area contributed by atoms with Gasteiger partial charge in [0.15, 0.2) is 12.3 Å². The van der Waals surface area contributed by atoms with Gasteiger partial charge in [-0.05, 0) is 49.9 Å². The summed E-state index contributed by atoms with van der Waals surface area (Å²) in [4.78, 5) is 53.3. The number of aromatic nitrogens is 2. The number of nitrogens with one attached hydrogen (secondary N) is 1. The number of rotatable bonds is 9. The van der Waals surface area contributed by atoms with Gasteiger partial charge in [0.2, 0.25) is 0 Å². The van der Waals surface area contributed by atoms with Crippen molar-refractivity contribution in [3.05, 3.63) is 55.7 Å². The van der Waals surface area contributed by atoms with E-state index in [1.807, 2.05) is 27.7 Å². The number of hydrogen-bond donors (Lipinski definition) is 2. The maximum absolute atomic E-state index is 12.9. The molecule has 3 N–H and O–H groups in total. The number of benzene rings is 1. The molecule has 2 rings (SSSR count). The van der Waals surface area contributed by atoms with Crippen LogP contribution >= 0.6 is 0 Å². The van der Waals surface area contributed by atoms with Gasteiger partial charge in [-0.3, -0.25) is 19.1 Å². The molecule has 0 aliphatic carbocycles. The van der Waals surface area contributed by atoms with Crippen LogP contribution < -0.4 is 21.9 Å².